The zero-order valence-corrected chi connectivity index (χ0v) is 11.8. The van der Waals surface area contributed by atoms with Gasteiger partial charge in [-0.1, -0.05) is 42.5 Å². The number of methoxy groups -OCH3 is 1. The average molecular weight is 255 g/mol. The number of nitrogens with one attached hydrogen (secondary N) is 1. The van der Waals surface area contributed by atoms with Gasteiger partial charge in [-0.15, -0.1) is 0 Å². The van der Waals surface area contributed by atoms with Crippen LogP contribution in [-0.4, -0.2) is 14.2 Å². The van der Waals surface area contributed by atoms with E-state index in [1.165, 1.54) is 16.7 Å². The van der Waals surface area contributed by atoms with Crippen LogP contribution in [0.4, 0.5) is 0 Å². The molecule has 2 aromatic rings. The van der Waals surface area contributed by atoms with Gasteiger partial charge >= 0.3 is 0 Å². The van der Waals surface area contributed by atoms with Gasteiger partial charge in [0.25, 0.3) is 0 Å². The molecule has 2 rings (SSSR count). The van der Waals surface area contributed by atoms with E-state index < -0.39 is 0 Å². The first-order chi connectivity index (χ1) is 9.24. The highest BCUT2D eigenvalue weighted by Crippen LogP contribution is 2.24. The molecule has 2 nitrogen and oxygen atoms in total. The van der Waals surface area contributed by atoms with Crippen LogP contribution in [0.3, 0.4) is 0 Å². The molecular formula is C17H21NO. The molecule has 1 atom stereocenters. The average Bonchev–Trinajstić information content (AvgIpc) is 2.46. The largest absolute Gasteiger partial charge is 0.496 e. The number of likely N-dealkylation sites (N-methyl/N-ethyl adjacent to an activating group) is 1. The second-order valence-electron chi connectivity index (χ2n) is 4.76. The molecule has 19 heavy (non-hydrogen) atoms. The number of rotatable bonds is 5. The molecule has 1 unspecified atom stereocenters. The van der Waals surface area contributed by atoms with Crippen LogP contribution in [0.25, 0.3) is 0 Å². The van der Waals surface area contributed by atoms with Crippen LogP contribution in [0.5, 0.6) is 5.75 Å². The zero-order valence-electron chi connectivity index (χ0n) is 11.8. The lowest BCUT2D eigenvalue weighted by Gasteiger charge is -2.18. The fourth-order valence-electron chi connectivity index (χ4n) is 2.35. The minimum absolute atomic E-state index is 0.326. The Labute approximate surface area is 115 Å². The van der Waals surface area contributed by atoms with Crippen LogP contribution < -0.4 is 10.1 Å². The topological polar surface area (TPSA) is 21.3 Å². The van der Waals surface area contributed by atoms with E-state index in [2.05, 4.69) is 54.7 Å². The molecule has 2 aromatic carbocycles. The van der Waals surface area contributed by atoms with E-state index in [-0.39, 0.29) is 0 Å². The molecule has 2 heteroatoms. The second-order valence-corrected chi connectivity index (χ2v) is 4.76. The van der Waals surface area contributed by atoms with Crippen molar-refractivity contribution in [2.75, 3.05) is 14.2 Å². The van der Waals surface area contributed by atoms with Crippen LogP contribution in [0.15, 0.2) is 48.5 Å². The van der Waals surface area contributed by atoms with Crippen molar-refractivity contribution in [1.29, 1.82) is 0 Å². The summed E-state index contributed by atoms with van der Waals surface area (Å²) in [5.41, 5.74) is 3.81. The summed E-state index contributed by atoms with van der Waals surface area (Å²) in [7, 11) is 3.72. The summed E-state index contributed by atoms with van der Waals surface area (Å²) in [4.78, 5) is 0. The summed E-state index contributed by atoms with van der Waals surface area (Å²) < 4.78 is 5.31. The van der Waals surface area contributed by atoms with Gasteiger partial charge in [0.2, 0.25) is 0 Å². The van der Waals surface area contributed by atoms with Crippen LogP contribution in [0, 0.1) is 6.92 Å². The minimum Gasteiger partial charge on any atom is -0.496 e. The lowest BCUT2D eigenvalue weighted by molar-refractivity contribution is 0.411. The zero-order chi connectivity index (χ0) is 13.7. The number of benzene rings is 2. The quantitative estimate of drug-likeness (QED) is 0.883. The molecule has 0 heterocycles. The third-order valence-electron chi connectivity index (χ3n) is 3.45. The van der Waals surface area contributed by atoms with E-state index in [0.717, 1.165) is 12.2 Å². The Morgan fingerprint density at radius 2 is 1.84 bits per heavy atom. The highest BCUT2D eigenvalue weighted by Gasteiger charge is 2.11. The maximum absolute atomic E-state index is 5.31. The van der Waals surface area contributed by atoms with E-state index in [9.17, 15) is 0 Å². The molecule has 0 amide bonds. The van der Waals surface area contributed by atoms with E-state index in [4.69, 9.17) is 4.74 Å². The Bertz CT molecular complexity index is 522. The molecule has 0 saturated heterocycles. The van der Waals surface area contributed by atoms with Gasteiger partial charge in [0.15, 0.2) is 0 Å². The highest BCUT2D eigenvalue weighted by molar-refractivity contribution is 5.38. The van der Waals surface area contributed by atoms with Gasteiger partial charge in [-0.25, -0.2) is 0 Å². The predicted molar refractivity (Wildman–Crippen MR) is 79.7 cm³/mol. The predicted octanol–water partition coefficient (Wildman–Crippen LogP) is 3.51. The van der Waals surface area contributed by atoms with E-state index >= 15 is 0 Å². The number of hydrogen-bond donors (Lipinski definition) is 1. The molecule has 0 aliphatic carbocycles. The van der Waals surface area contributed by atoms with E-state index in [1.54, 1.807) is 7.11 Å². The van der Waals surface area contributed by atoms with Gasteiger partial charge in [-0.05, 0) is 43.1 Å². The summed E-state index contributed by atoms with van der Waals surface area (Å²) in [5.74, 6) is 0.943. The Balaban J connectivity index is 2.20. The highest BCUT2D eigenvalue weighted by atomic mass is 16.5. The molecule has 0 bridgehead atoms. The van der Waals surface area contributed by atoms with Crippen molar-refractivity contribution in [3.8, 4) is 5.75 Å². The molecule has 1 N–H and O–H groups in total. The first kappa shape index (κ1) is 13.6. The molecule has 0 aliphatic heterocycles. The standard InChI is InChI=1S/C17H21NO/c1-13-11-15(9-10-17(13)19-3)16(18-2)12-14-7-5-4-6-8-14/h4-11,16,18H,12H2,1-3H3. The van der Waals surface area contributed by atoms with Crippen molar-refractivity contribution in [3.05, 3.63) is 65.2 Å². The fraction of sp³-hybridized carbons (Fsp3) is 0.294. The number of ether oxygens (including phenoxy) is 1. The van der Waals surface area contributed by atoms with Crippen molar-refractivity contribution in [2.24, 2.45) is 0 Å². The van der Waals surface area contributed by atoms with Crippen LogP contribution in [0.2, 0.25) is 0 Å². The third-order valence-corrected chi connectivity index (χ3v) is 3.45. The van der Waals surface area contributed by atoms with Crippen LogP contribution >= 0.6 is 0 Å². The molecule has 0 fully saturated rings. The second kappa shape index (κ2) is 6.39. The molecule has 0 saturated carbocycles. The smallest absolute Gasteiger partial charge is 0.121 e. The Hall–Kier alpha value is -1.80. The lowest BCUT2D eigenvalue weighted by atomic mass is 9.97. The monoisotopic (exact) mass is 255 g/mol. The van der Waals surface area contributed by atoms with Crippen molar-refractivity contribution >= 4 is 0 Å². The molecule has 0 aromatic heterocycles. The third kappa shape index (κ3) is 3.36. The summed E-state index contributed by atoms with van der Waals surface area (Å²) in [6.45, 7) is 2.08. The molecule has 0 aliphatic rings. The Kier molecular flexibility index (Phi) is 4.58. The minimum atomic E-state index is 0.326. The van der Waals surface area contributed by atoms with Crippen molar-refractivity contribution < 1.29 is 4.74 Å². The Morgan fingerprint density at radius 3 is 2.42 bits per heavy atom. The molecule has 0 radical (unpaired) electrons. The molecular weight excluding hydrogens is 234 g/mol. The van der Waals surface area contributed by atoms with Gasteiger partial charge < -0.3 is 10.1 Å². The summed E-state index contributed by atoms with van der Waals surface area (Å²) in [6.07, 6.45) is 0.989. The number of hydrogen-bond acceptors (Lipinski definition) is 2. The van der Waals surface area contributed by atoms with Crippen molar-refractivity contribution in [3.63, 3.8) is 0 Å². The Morgan fingerprint density at radius 1 is 1.11 bits per heavy atom. The summed E-state index contributed by atoms with van der Waals surface area (Å²) in [6, 6.07) is 17.3. The van der Waals surface area contributed by atoms with Gasteiger partial charge in [-0.3, -0.25) is 0 Å². The first-order valence-corrected chi connectivity index (χ1v) is 6.60. The SMILES string of the molecule is CNC(Cc1ccccc1)c1ccc(OC)c(C)c1. The van der Waals surface area contributed by atoms with Gasteiger partial charge in [-0.2, -0.15) is 0 Å². The summed E-state index contributed by atoms with van der Waals surface area (Å²) >= 11 is 0. The molecule has 0 spiro atoms. The van der Waals surface area contributed by atoms with Crippen molar-refractivity contribution in [2.45, 2.75) is 19.4 Å². The summed E-state index contributed by atoms with van der Waals surface area (Å²) in [5, 5.41) is 3.39. The molecule has 100 valence electrons. The maximum Gasteiger partial charge on any atom is 0.121 e. The van der Waals surface area contributed by atoms with E-state index in [1.807, 2.05) is 13.1 Å². The van der Waals surface area contributed by atoms with Gasteiger partial charge in [0, 0.05) is 6.04 Å². The number of aryl methyl sites for hydroxylation is 1. The van der Waals surface area contributed by atoms with Gasteiger partial charge in [0.05, 0.1) is 7.11 Å². The lowest BCUT2D eigenvalue weighted by Crippen LogP contribution is -2.19. The first-order valence-electron chi connectivity index (χ1n) is 6.60. The maximum atomic E-state index is 5.31. The van der Waals surface area contributed by atoms with Crippen molar-refractivity contribution in [1.82, 2.24) is 5.32 Å². The fourth-order valence-corrected chi connectivity index (χ4v) is 2.35. The van der Waals surface area contributed by atoms with Crippen LogP contribution in [0.1, 0.15) is 22.7 Å². The van der Waals surface area contributed by atoms with E-state index in [0.29, 0.717) is 6.04 Å². The normalized spacial score (nSPS) is 12.2. The van der Waals surface area contributed by atoms with Gasteiger partial charge in [0.1, 0.15) is 5.75 Å². The van der Waals surface area contributed by atoms with Crippen LogP contribution in [-0.2, 0) is 6.42 Å².